The summed E-state index contributed by atoms with van der Waals surface area (Å²) in [7, 11) is 0. The molecule has 0 bridgehead atoms. The predicted molar refractivity (Wildman–Crippen MR) is 390 cm³/mol. The van der Waals surface area contributed by atoms with E-state index in [1.165, 1.54) is 71.9 Å². The van der Waals surface area contributed by atoms with Crippen LogP contribution in [0.25, 0.3) is 94.6 Å². The van der Waals surface area contributed by atoms with Crippen LogP contribution >= 0.6 is 0 Å². The molecule has 8 nitrogen and oxygen atoms in total. The minimum atomic E-state index is -0.520. The van der Waals surface area contributed by atoms with E-state index in [0.717, 1.165) is 61.2 Å². The molecule has 18 rings (SSSR count). The lowest BCUT2D eigenvalue weighted by Gasteiger charge is -2.33. The van der Waals surface area contributed by atoms with Crippen LogP contribution < -0.4 is 5.32 Å². The van der Waals surface area contributed by atoms with E-state index < -0.39 is 11.7 Å². The Morgan fingerprint density at radius 1 is 0.330 bits per heavy atom. The molecule has 4 heterocycles. The second-order valence-corrected chi connectivity index (χ2v) is 23.9. The number of benzene rings is 12. The van der Waals surface area contributed by atoms with Gasteiger partial charge in [0, 0.05) is 60.3 Å². The Balaban J connectivity index is 0.000000151. The van der Waals surface area contributed by atoms with Crippen LogP contribution in [0, 0.1) is 0 Å². The zero-order valence-electron chi connectivity index (χ0n) is 53.6. The molecule has 15 aromatic rings. The van der Waals surface area contributed by atoms with Crippen molar-refractivity contribution >= 4 is 55.3 Å². The summed E-state index contributed by atoms with van der Waals surface area (Å²) in [5, 5.41) is 8.30. The Bertz CT molecular complexity index is 5190. The summed E-state index contributed by atoms with van der Waals surface area (Å²) in [4.78, 5) is 26.1. The first-order valence-electron chi connectivity index (χ1n) is 32.8. The monoisotopic (exact) mass is 1210 g/mol. The smallest absolute Gasteiger partial charge is 0.238 e. The van der Waals surface area contributed by atoms with Crippen LogP contribution in [-0.4, -0.2) is 35.8 Å². The topological polar surface area (TPSA) is 85.3 Å². The summed E-state index contributed by atoms with van der Waals surface area (Å²) in [5.74, 6) is 3.50. The van der Waals surface area contributed by atoms with Crippen molar-refractivity contribution in [2.24, 2.45) is 9.98 Å². The third-order valence-corrected chi connectivity index (χ3v) is 18.6. The van der Waals surface area contributed by atoms with Gasteiger partial charge in [0.25, 0.3) is 0 Å². The second-order valence-electron chi connectivity index (χ2n) is 23.9. The molecule has 3 aromatic heterocycles. The van der Waals surface area contributed by atoms with Crippen molar-refractivity contribution in [2.45, 2.75) is 58.7 Å². The van der Waals surface area contributed by atoms with Gasteiger partial charge < -0.3 is 5.32 Å². The van der Waals surface area contributed by atoms with E-state index in [9.17, 15) is 0 Å². The van der Waals surface area contributed by atoms with Crippen molar-refractivity contribution in [1.82, 2.24) is 29.4 Å². The summed E-state index contributed by atoms with van der Waals surface area (Å²) >= 11 is 0. The molecular weight excluding hydrogens is 1150 g/mol. The van der Waals surface area contributed by atoms with Crippen LogP contribution in [0.15, 0.2) is 313 Å². The van der Waals surface area contributed by atoms with Gasteiger partial charge in [-0.2, -0.15) is 9.97 Å². The van der Waals surface area contributed by atoms with Crippen molar-refractivity contribution in [1.29, 1.82) is 0 Å². The molecule has 0 radical (unpaired) electrons. The Morgan fingerprint density at radius 3 is 1.26 bits per heavy atom. The number of aromatic nitrogens is 5. The van der Waals surface area contributed by atoms with Gasteiger partial charge in [0.15, 0.2) is 11.6 Å². The zero-order valence-corrected chi connectivity index (χ0v) is 53.6. The van der Waals surface area contributed by atoms with Crippen molar-refractivity contribution in [3.05, 3.63) is 348 Å². The Morgan fingerprint density at radius 2 is 0.723 bits per heavy atom. The molecular formula is C86H70N8. The maximum atomic E-state index is 5.27. The van der Waals surface area contributed by atoms with Crippen LogP contribution in [0.5, 0.6) is 0 Å². The number of amidine groups is 2. The fraction of sp³-hybridized carbons (Fsp3) is 0.105. The van der Waals surface area contributed by atoms with Gasteiger partial charge in [-0.25, -0.2) is 15.0 Å². The van der Waals surface area contributed by atoms with Crippen molar-refractivity contribution < 1.29 is 0 Å². The van der Waals surface area contributed by atoms with E-state index in [1.807, 2.05) is 76.2 Å². The summed E-state index contributed by atoms with van der Waals surface area (Å²) in [6, 6.07) is 107. The number of nitrogens with zero attached hydrogens (tertiary/aromatic N) is 7. The minimum Gasteiger partial charge on any atom is -0.324 e. The minimum absolute atomic E-state index is 0.0908. The Labute approximate surface area is 549 Å². The first-order chi connectivity index (χ1) is 46.4. The Kier molecular flexibility index (Phi) is 15.3. The molecule has 12 aromatic carbocycles. The molecule has 3 aliphatic rings. The molecule has 0 amide bonds. The maximum absolute atomic E-state index is 5.27. The third kappa shape index (κ3) is 9.55. The van der Waals surface area contributed by atoms with Gasteiger partial charge in [-0.05, 0) is 56.6 Å². The van der Waals surface area contributed by atoms with Crippen LogP contribution in [0.2, 0.25) is 0 Å². The van der Waals surface area contributed by atoms with Crippen LogP contribution in [0.1, 0.15) is 92.3 Å². The van der Waals surface area contributed by atoms with Gasteiger partial charge in [-0.15, -0.1) is 0 Å². The van der Waals surface area contributed by atoms with Crippen molar-refractivity contribution in [3.8, 4) is 51.0 Å². The zero-order chi connectivity index (χ0) is 63.9. The number of rotatable bonds is 8. The summed E-state index contributed by atoms with van der Waals surface area (Å²) < 4.78 is 4.63. The lowest BCUT2D eigenvalue weighted by molar-refractivity contribution is 0.575. The molecule has 0 atom stereocenters. The maximum Gasteiger partial charge on any atom is 0.238 e. The van der Waals surface area contributed by atoms with E-state index in [0.29, 0.717) is 17.6 Å². The quantitative estimate of drug-likeness (QED) is 0.164. The fourth-order valence-corrected chi connectivity index (χ4v) is 14.6. The number of para-hydroxylation sites is 2. The molecule has 0 fully saturated rings. The lowest BCUT2D eigenvalue weighted by Crippen LogP contribution is -2.36. The Hall–Kier alpha value is -11.6. The van der Waals surface area contributed by atoms with E-state index in [4.69, 9.17) is 24.9 Å². The number of hydrogen-bond acceptors (Lipinski definition) is 6. The molecule has 0 saturated carbocycles. The van der Waals surface area contributed by atoms with E-state index in [1.54, 1.807) is 0 Å². The van der Waals surface area contributed by atoms with Crippen molar-refractivity contribution in [2.75, 3.05) is 0 Å². The van der Waals surface area contributed by atoms with E-state index >= 15 is 0 Å². The summed E-state index contributed by atoms with van der Waals surface area (Å²) in [6.07, 6.45) is -0.476. The second kappa shape index (κ2) is 24.5. The molecule has 0 unspecified atom stereocenters. The fourth-order valence-electron chi connectivity index (χ4n) is 14.6. The van der Waals surface area contributed by atoms with Crippen molar-refractivity contribution in [3.63, 3.8) is 0 Å². The van der Waals surface area contributed by atoms with E-state index in [2.05, 4.69) is 283 Å². The first-order valence-corrected chi connectivity index (χ1v) is 32.8. The van der Waals surface area contributed by atoms with Gasteiger partial charge in [0.2, 0.25) is 12.2 Å². The number of nitrogens with one attached hydrogen (secondary N) is 1. The lowest BCUT2D eigenvalue weighted by atomic mass is 9.67. The van der Waals surface area contributed by atoms with Gasteiger partial charge in [-0.1, -0.05) is 333 Å². The highest BCUT2D eigenvalue weighted by atomic mass is 15.3. The summed E-state index contributed by atoms with van der Waals surface area (Å²) in [6.45, 7) is 12.7. The number of fused-ring (bicyclic) bond motifs is 14. The number of aliphatic imine (C=N–C) groups is 2. The predicted octanol–water partition coefficient (Wildman–Crippen LogP) is 20.8. The van der Waals surface area contributed by atoms with Gasteiger partial charge >= 0.3 is 0 Å². The highest BCUT2D eigenvalue weighted by Crippen LogP contribution is 2.59. The standard InChI is InChI=1S/C46H30N4.C36H28N4.2C2H6/c1-5-17-31(18-6-1)43-47-44(32-19-7-2-8-20-32)49-45(48-43)50-40-28-16-14-25-35(40)36-29-30-39-41(42(36)50)37-26-13-15-27-38(37)46(39,33-21-9-3-10-22-33)34-23-11-4-12-24-34;1-36(2)28-19-11-9-18-27(28)31-29(36)22-21-26-25-17-10-12-20-30(25)40(32(26)31)35-38-33(23-13-5-3-6-14-23)37-34(39-35)24-15-7-4-8-16-24;2*1-2/h1-30H;3-22,35H,1-2H3,(H,37,38,39);2*1-2H3. The SMILES string of the molecule is CC.CC.CC1(C)c2ccccc2-c2c1ccc1c3ccccc3n(C3N=C(c4ccccc4)NC(c4ccccc4)=N3)c21.c1ccc(-c2nc(-c3ccccc3)nc(-n3c4ccccc4c4ccc5c(c43)-c3ccccc3C5(c3ccccc3)c3ccccc3)n2)cc1. The van der Waals surface area contributed by atoms with Crippen LogP contribution in [0.3, 0.4) is 0 Å². The molecule has 0 spiro atoms. The molecule has 2 aliphatic carbocycles. The van der Waals surface area contributed by atoms with E-state index in [-0.39, 0.29) is 5.41 Å². The average molecular weight is 1220 g/mol. The summed E-state index contributed by atoms with van der Waals surface area (Å²) in [5.41, 5.74) is 20.5. The average Bonchev–Trinajstić information content (AvgIpc) is 1.87. The molecule has 0 saturated heterocycles. The van der Waals surface area contributed by atoms with Gasteiger partial charge in [0.05, 0.1) is 27.5 Å². The normalized spacial score (nSPS) is 13.8. The number of hydrogen-bond donors (Lipinski definition) is 1. The molecule has 8 heteroatoms. The van der Waals surface area contributed by atoms with Crippen LogP contribution in [-0.2, 0) is 10.8 Å². The third-order valence-electron chi connectivity index (χ3n) is 18.6. The van der Waals surface area contributed by atoms with Gasteiger partial charge in [0.1, 0.15) is 11.7 Å². The van der Waals surface area contributed by atoms with Crippen LogP contribution in [0.4, 0.5) is 0 Å². The highest BCUT2D eigenvalue weighted by Gasteiger charge is 2.47. The molecule has 454 valence electrons. The molecule has 1 aliphatic heterocycles. The van der Waals surface area contributed by atoms with Gasteiger partial charge in [-0.3, -0.25) is 9.13 Å². The molecule has 94 heavy (non-hydrogen) atoms. The molecule has 1 N–H and O–H groups in total. The highest BCUT2D eigenvalue weighted by molar-refractivity contribution is 6.18. The largest absolute Gasteiger partial charge is 0.324 e. The first kappa shape index (κ1) is 58.7.